The highest BCUT2D eigenvalue weighted by molar-refractivity contribution is 7.89. The molecule has 2 heterocycles. The Morgan fingerprint density at radius 1 is 1.06 bits per heavy atom. The van der Waals surface area contributed by atoms with Gasteiger partial charge in [0.05, 0.1) is 12.0 Å². The van der Waals surface area contributed by atoms with E-state index in [-0.39, 0.29) is 17.3 Å². The van der Waals surface area contributed by atoms with Crippen LogP contribution in [0, 0.1) is 6.92 Å². The molecule has 1 aliphatic rings. The minimum atomic E-state index is -3.71. The molecule has 0 atom stereocenters. The van der Waals surface area contributed by atoms with Gasteiger partial charge in [-0.2, -0.15) is 0 Å². The van der Waals surface area contributed by atoms with Crippen molar-refractivity contribution in [1.29, 1.82) is 0 Å². The van der Waals surface area contributed by atoms with Crippen molar-refractivity contribution in [3.63, 3.8) is 0 Å². The lowest BCUT2D eigenvalue weighted by Gasteiger charge is -2.35. The molecule has 1 N–H and O–H groups in total. The molecule has 0 aliphatic carbocycles. The second kappa shape index (κ2) is 10.7. The van der Waals surface area contributed by atoms with Crippen molar-refractivity contribution in [2.75, 3.05) is 33.3 Å². The second-order valence-corrected chi connectivity index (χ2v) is 11.1. The number of thiophene rings is 1. The maximum absolute atomic E-state index is 13.1. The van der Waals surface area contributed by atoms with Gasteiger partial charge < -0.3 is 9.64 Å². The molecule has 7 nitrogen and oxygen atoms in total. The van der Waals surface area contributed by atoms with Crippen molar-refractivity contribution in [2.24, 2.45) is 0 Å². The van der Waals surface area contributed by atoms with Crippen LogP contribution >= 0.6 is 11.3 Å². The van der Waals surface area contributed by atoms with Gasteiger partial charge in [-0.25, -0.2) is 13.1 Å². The van der Waals surface area contributed by atoms with Crippen LogP contribution in [0.1, 0.15) is 26.4 Å². The number of benzene rings is 2. The first-order valence-electron chi connectivity index (χ1n) is 11.1. The van der Waals surface area contributed by atoms with E-state index >= 15 is 0 Å². The fraction of sp³-hybridized carbons (Fsp3) is 0.320. The molecule has 4 rings (SSSR count). The van der Waals surface area contributed by atoms with Gasteiger partial charge in [0.1, 0.15) is 5.75 Å². The zero-order valence-electron chi connectivity index (χ0n) is 19.4. The van der Waals surface area contributed by atoms with Gasteiger partial charge in [-0.3, -0.25) is 9.69 Å². The molecule has 34 heavy (non-hydrogen) atoms. The summed E-state index contributed by atoms with van der Waals surface area (Å²) in [6.45, 7) is 5.70. The Hall–Kier alpha value is -2.72. The molecule has 180 valence electrons. The summed E-state index contributed by atoms with van der Waals surface area (Å²) >= 11 is 1.49. The predicted octanol–water partition coefficient (Wildman–Crippen LogP) is 3.50. The normalized spacial score (nSPS) is 14.8. The predicted molar refractivity (Wildman–Crippen MR) is 134 cm³/mol. The SMILES string of the molecule is COc1ccc(C)cc1CN1CCN(C(=O)c2cccc(S(=O)(=O)NCc3cccs3)c2)CC1. The number of rotatable bonds is 8. The topological polar surface area (TPSA) is 79.0 Å². The Labute approximate surface area is 205 Å². The number of ether oxygens (including phenoxy) is 1. The van der Waals surface area contributed by atoms with Crippen LogP contribution in [-0.2, 0) is 23.1 Å². The lowest BCUT2D eigenvalue weighted by Crippen LogP contribution is -2.48. The number of amides is 1. The van der Waals surface area contributed by atoms with E-state index < -0.39 is 10.0 Å². The minimum absolute atomic E-state index is 0.0973. The number of hydrogen-bond acceptors (Lipinski definition) is 6. The molecule has 1 saturated heterocycles. The van der Waals surface area contributed by atoms with Crippen LogP contribution in [0.2, 0.25) is 0 Å². The van der Waals surface area contributed by atoms with Crippen molar-refractivity contribution in [3.05, 3.63) is 81.5 Å². The number of nitrogens with one attached hydrogen (secondary N) is 1. The molecular weight excluding hydrogens is 470 g/mol. The molecule has 0 saturated carbocycles. The monoisotopic (exact) mass is 499 g/mol. The average molecular weight is 500 g/mol. The third-order valence-electron chi connectivity index (χ3n) is 5.90. The Morgan fingerprint density at radius 2 is 1.85 bits per heavy atom. The highest BCUT2D eigenvalue weighted by atomic mass is 32.2. The van der Waals surface area contributed by atoms with Crippen molar-refractivity contribution in [3.8, 4) is 5.75 Å². The Bertz CT molecular complexity index is 1230. The van der Waals surface area contributed by atoms with Gasteiger partial charge in [-0.15, -0.1) is 11.3 Å². The number of carbonyl (C=O) groups is 1. The van der Waals surface area contributed by atoms with Crippen LogP contribution in [0.25, 0.3) is 0 Å². The highest BCUT2D eigenvalue weighted by Gasteiger charge is 2.24. The van der Waals surface area contributed by atoms with Gasteiger partial charge in [0.25, 0.3) is 5.91 Å². The molecule has 1 fully saturated rings. The zero-order valence-corrected chi connectivity index (χ0v) is 21.0. The summed E-state index contributed by atoms with van der Waals surface area (Å²) in [4.78, 5) is 18.2. The zero-order chi connectivity index (χ0) is 24.1. The van der Waals surface area contributed by atoms with Gasteiger partial charge in [0, 0.05) is 55.3 Å². The van der Waals surface area contributed by atoms with Crippen LogP contribution in [0.3, 0.4) is 0 Å². The molecule has 3 aromatic rings. The number of hydrogen-bond donors (Lipinski definition) is 1. The molecule has 9 heteroatoms. The summed E-state index contributed by atoms with van der Waals surface area (Å²) in [6.07, 6.45) is 0. The van der Waals surface area contributed by atoms with E-state index in [4.69, 9.17) is 4.74 Å². The molecule has 0 spiro atoms. The number of aryl methyl sites for hydroxylation is 1. The van der Waals surface area contributed by atoms with Gasteiger partial charge in [0.2, 0.25) is 10.0 Å². The molecular formula is C25H29N3O4S2. The van der Waals surface area contributed by atoms with Crippen LogP contribution in [0.15, 0.2) is 64.9 Å². The van der Waals surface area contributed by atoms with E-state index in [0.29, 0.717) is 18.7 Å². The van der Waals surface area contributed by atoms with Gasteiger partial charge >= 0.3 is 0 Å². The highest BCUT2D eigenvalue weighted by Crippen LogP contribution is 2.22. The summed E-state index contributed by atoms with van der Waals surface area (Å²) in [5.41, 5.74) is 2.70. The summed E-state index contributed by atoms with van der Waals surface area (Å²) in [5, 5.41) is 1.90. The van der Waals surface area contributed by atoms with Crippen molar-refractivity contribution in [1.82, 2.24) is 14.5 Å². The second-order valence-electron chi connectivity index (χ2n) is 8.32. The molecule has 1 aromatic heterocycles. The fourth-order valence-corrected chi connectivity index (χ4v) is 5.81. The maximum Gasteiger partial charge on any atom is 0.253 e. The third kappa shape index (κ3) is 5.85. The van der Waals surface area contributed by atoms with Crippen LogP contribution in [-0.4, -0.2) is 57.4 Å². The number of methoxy groups -OCH3 is 1. The van der Waals surface area contributed by atoms with Crippen LogP contribution in [0.4, 0.5) is 0 Å². The standard InChI is InChI=1S/C25H29N3O4S2/c1-19-8-9-24(32-2)21(15-19)18-27-10-12-28(13-11-27)25(29)20-5-3-7-23(16-20)34(30,31)26-17-22-6-4-14-33-22/h3-9,14-16,26H,10-13,17-18H2,1-2H3. The quantitative estimate of drug-likeness (QED) is 0.513. The van der Waals surface area contributed by atoms with Crippen molar-refractivity contribution >= 4 is 27.3 Å². The van der Waals surface area contributed by atoms with E-state index in [1.165, 1.54) is 29.0 Å². The lowest BCUT2D eigenvalue weighted by atomic mass is 10.1. The number of sulfonamides is 1. The Morgan fingerprint density at radius 3 is 2.56 bits per heavy atom. The Balaban J connectivity index is 1.37. The average Bonchev–Trinajstić information content (AvgIpc) is 3.37. The number of piperazine rings is 1. The van der Waals surface area contributed by atoms with Gasteiger partial charge in [-0.1, -0.05) is 29.8 Å². The Kier molecular flexibility index (Phi) is 7.67. The summed E-state index contributed by atoms with van der Waals surface area (Å²) < 4.78 is 33.5. The maximum atomic E-state index is 13.1. The van der Waals surface area contributed by atoms with Crippen molar-refractivity contribution < 1.29 is 17.9 Å². The molecule has 2 aromatic carbocycles. The number of nitrogens with zero attached hydrogens (tertiary/aromatic N) is 2. The van der Waals surface area contributed by atoms with Crippen LogP contribution in [0.5, 0.6) is 5.75 Å². The minimum Gasteiger partial charge on any atom is -0.496 e. The van der Waals surface area contributed by atoms with E-state index in [0.717, 1.165) is 35.8 Å². The van der Waals surface area contributed by atoms with E-state index in [2.05, 4.69) is 22.6 Å². The summed E-state index contributed by atoms with van der Waals surface area (Å²) in [6, 6.07) is 16.2. The molecule has 0 bridgehead atoms. The largest absolute Gasteiger partial charge is 0.496 e. The molecule has 0 radical (unpaired) electrons. The summed E-state index contributed by atoms with van der Waals surface area (Å²) in [5.74, 6) is 0.720. The van der Waals surface area contributed by atoms with Crippen LogP contribution < -0.4 is 9.46 Å². The first kappa shape index (κ1) is 24.4. The lowest BCUT2D eigenvalue weighted by molar-refractivity contribution is 0.0627. The number of carbonyl (C=O) groups excluding carboxylic acids is 1. The van der Waals surface area contributed by atoms with Crippen molar-refractivity contribution in [2.45, 2.75) is 24.9 Å². The molecule has 1 amide bonds. The molecule has 0 unspecified atom stereocenters. The smallest absolute Gasteiger partial charge is 0.253 e. The van der Waals surface area contributed by atoms with E-state index in [1.807, 2.05) is 29.6 Å². The van der Waals surface area contributed by atoms with Gasteiger partial charge in [0.15, 0.2) is 0 Å². The van der Waals surface area contributed by atoms with E-state index in [1.54, 1.807) is 24.1 Å². The third-order valence-corrected chi connectivity index (χ3v) is 8.17. The molecule has 1 aliphatic heterocycles. The summed E-state index contributed by atoms with van der Waals surface area (Å²) in [7, 11) is -2.03. The first-order chi connectivity index (χ1) is 16.4. The first-order valence-corrected chi connectivity index (χ1v) is 13.5. The van der Waals surface area contributed by atoms with Gasteiger partial charge in [-0.05, 0) is 42.6 Å². The fourth-order valence-electron chi connectivity index (χ4n) is 4.02. The van der Waals surface area contributed by atoms with E-state index in [9.17, 15) is 13.2 Å².